The van der Waals surface area contributed by atoms with E-state index in [4.69, 9.17) is 9.47 Å². The Morgan fingerprint density at radius 2 is 1.78 bits per heavy atom. The summed E-state index contributed by atoms with van der Waals surface area (Å²) in [6.07, 6.45) is 3.54. The van der Waals surface area contributed by atoms with Crippen molar-refractivity contribution in [3.05, 3.63) is 66.5 Å². The fraction of sp³-hybridized carbons (Fsp3) is 0.150. The van der Waals surface area contributed by atoms with Crippen LogP contribution in [-0.2, 0) is 6.54 Å². The molecule has 0 unspecified atom stereocenters. The highest BCUT2D eigenvalue weighted by Gasteiger charge is 2.10. The van der Waals surface area contributed by atoms with Gasteiger partial charge in [-0.2, -0.15) is 10.1 Å². The molecule has 0 fully saturated rings. The lowest BCUT2D eigenvalue weighted by Crippen LogP contribution is -2.05. The maximum Gasteiger partial charge on any atom is 0.229 e. The molecule has 0 saturated heterocycles. The van der Waals surface area contributed by atoms with E-state index in [1.54, 1.807) is 26.6 Å². The zero-order chi connectivity index (χ0) is 18.6. The van der Waals surface area contributed by atoms with E-state index < -0.39 is 0 Å². The largest absolute Gasteiger partial charge is 0.493 e. The average Bonchev–Trinajstić information content (AvgIpc) is 3.10. The minimum atomic E-state index is 0.530. The van der Waals surface area contributed by atoms with E-state index in [0.717, 1.165) is 22.3 Å². The van der Waals surface area contributed by atoms with Crippen LogP contribution in [0.25, 0.3) is 11.0 Å². The molecule has 2 aromatic heterocycles. The van der Waals surface area contributed by atoms with Gasteiger partial charge in [-0.25, -0.2) is 9.67 Å². The molecule has 7 nitrogen and oxygen atoms in total. The first-order valence-electron chi connectivity index (χ1n) is 8.48. The maximum absolute atomic E-state index is 5.38. The molecule has 0 atom stereocenters. The Bertz CT molecular complexity index is 1060. The Morgan fingerprint density at radius 1 is 0.963 bits per heavy atom. The van der Waals surface area contributed by atoms with Crippen LogP contribution in [0, 0.1) is 0 Å². The van der Waals surface area contributed by atoms with Crippen LogP contribution >= 0.6 is 0 Å². The first-order chi connectivity index (χ1) is 13.3. The van der Waals surface area contributed by atoms with Crippen molar-refractivity contribution in [2.24, 2.45) is 0 Å². The fourth-order valence-electron chi connectivity index (χ4n) is 2.84. The number of methoxy groups -OCH3 is 2. The van der Waals surface area contributed by atoms with Crippen molar-refractivity contribution in [1.29, 1.82) is 0 Å². The second-order valence-corrected chi connectivity index (χ2v) is 5.96. The van der Waals surface area contributed by atoms with Gasteiger partial charge in [0.2, 0.25) is 5.95 Å². The molecule has 4 aromatic rings. The number of nitrogens with one attached hydrogen (secondary N) is 1. The van der Waals surface area contributed by atoms with Gasteiger partial charge in [0.15, 0.2) is 17.1 Å². The Morgan fingerprint density at radius 3 is 2.56 bits per heavy atom. The second-order valence-electron chi connectivity index (χ2n) is 5.96. The molecule has 0 bridgehead atoms. The van der Waals surface area contributed by atoms with Gasteiger partial charge in [-0.05, 0) is 29.8 Å². The summed E-state index contributed by atoms with van der Waals surface area (Å²) in [6.45, 7) is 0.561. The first-order valence-corrected chi connectivity index (χ1v) is 8.48. The standard InChI is InChI=1S/C20H19N5O2/c1-26-17-9-8-14(10-18(17)27-2)13-25-19-15(12-22-25)11-21-20(24-19)23-16-6-4-3-5-7-16/h3-12H,13H2,1-2H3,(H,21,23,24). The zero-order valence-electron chi connectivity index (χ0n) is 15.1. The summed E-state index contributed by atoms with van der Waals surface area (Å²) in [5.41, 5.74) is 2.73. The minimum Gasteiger partial charge on any atom is -0.493 e. The Hall–Kier alpha value is -3.61. The van der Waals surface area contributed by atoms with Crippen LogP contribution in [0.15, 0.2) is 60.9 Å². The number of hydrogen-bond acceptors (Lipinski definition) is 6. The quantitative estimate of drug-likeness (QED) is 0.565. The molecule has 1 N–H and O–H groups in total. The fourth-order valence-corrected chi connectivity index (χ4v) is 2.84. The van der Waals surface area contributed by atoms with Gasteiger partial charge in [-0.15, -0.1) is 0 Å². The van der Waals surface area contributed by atoms with Gasteiger partial charge in [0, 0.05) is 11.9 Å². The second kappa shape index (κ2) is 7.33. The van der Waals surface area contributed by atoms with Crippen LogP contribution in [-0.4, -0.2) is 34.0 Å². The van der Waals surface area contributed by atoms with Crippen molar-refractivity contribution >= 4 is 22.7 Å². The summed E-state index contributed by atoms with van der Waals surface area (Å²) < 4.78 is 12.5. The number of hydrogen-bond donors (Lipinski definition) is 1. The van der Waals surface area contributed by atoms with Crippen molar-refractivity contribution in [2.75, 3.05) is 19.5 Å². The number of nitrogens with zero attached hydrogens (tertiary/aromatic N) is 4. The molecule has 27 heavy (non-hydrogen) atoms. The van der Waals surface area contributed by atoms with Crippen molar-refractivity contribution in [2.45, 2.75) is 6.54 Å². The average molecular weight is 361 g/mol. The van der Waals surface area contributed by atoms with Gasteiger partial charge in [0.1, 0.15) is 0 Å². The lowest BCUT2D eigenvalue weighted by molar-refractivity contribution is 0.354. The highest BCUT2D eigenvalue weighted by Crippen LogP contribution is 2.28. The van der Waals surface area contributed by atoms with Crippen molar-refractivity contribution < 1.29 is 9.47 Å². The van der Waals surface area contributed by atoms with E-state index in [-0.39, 0.29) is 0 Å². The normalized spacial score (nSPS) is 10.7. The highest BCUT2D eigenvalue weighted by molar-refractivity contribution is 5.75. The summed E-state index contributed by atoms with van der Waals surface area (Å²) in [6, 6.07) is 15.6. The highest BCUT2D eigenvalue weighted by atomic mass is 16.5. The third-order valence-electron chi connectivity index (χ3n) is 4.19. The van der Waals surface area contributed by atoms with E-state index in [0.29, 0.717) is 24.0 Å². The van der Waals surface area contributed by atoms with Crippen LogP contribution in [0.4, 0.5) is 11.6 Å². The molecule has 0 aliphatic heterocycles. The molecule has 0 spiro atoms. The van der Waals surface area contributed by atoms with Gasteiger partial charge >= 0.3 is 0 Å². The van der Waals surface area contributed by atoms with Crippen LogP contribution in [0.2, 0.25) is 0 Å². The third kappa shape index (κ3) is 3.52. The number of fused-ring (bicyclic) bond motifs is 1. The summed E-state index contributed by atoms with van der Waals surface area (Å²) in [5, 5.41) is 8.54. The summed E-state index contributed by atoms with van der Waals surface area (Å²) in [5.74, 6) is 1.92. The Labute approximate surface area is 156 Å². The third-order valence-corrected chi connectivity index (χ3v) is 4.19. The smallest absolute Gasteiger partial charge is 0.229 e. The predicted molar refractivity (Wildman–Crippen MR) is 104 cm³/mol. The Balaban J connectivity index is 1.63. The molecular weight excluding hydrogens is 342 g/mol. The van der Waals surface area contributed by atoms with Crippen molar-refractivity contribution in [1.82, 2.24) is 19.7 Å². The molecule has 0 aliphatic carbocycles. The van der Waals surface area contributed by atoms with Crippen LogP contribution in [0.5, 0.6) is 11.5 Å². The van der Waals surface area contributed by atoms with Gasteiger partial charge in [-0.3, -0.25) is 0 Å². The van der Waals surface area contributed by atoms with Gasteiger partial charge in [0.05, 0.1) is 32.3 Å². The van der Waals surface area contributed by atoms with E-state index in [2.05, 4.69) is 20.4 Å². The van der Waals surface area contributed by atoms with Crippen LogP contribution in [0.3, 0.4) is 0 Å². The molecule has 2 aromatic carbocycles. The molecule has 0 saturated carbocycles. The summed E-state index contributed by atoms with van der Waals surface area (Å²) in [7, 11) is 3.25. The van der Waals surface area contributed by atoms with Gasteiger partial charge < -0.3 is 14.8 Å². The maximum atomic E-state index is 5.38. The van der Waals surface area contributed by atoms with Crippen LogP contribution < -0.4 is 14.8 Å². The zero-order valence-corrected chi connectivity index (χ0v) is 15.1. The topological polar surface area (TPSA) is 74.1 Å². The minimum absolute atomic E-state index is 0.530. The Kier molecular flexibility index (Phi) is 4.57. The van der Waals surface area contributed by atoms with Crippen molar-refractivity contribution in [3.63, 3.8) is 0 Å². The van der Waals surface area contributed by atoms with E-state index >= 15 is 0 Å². The molecule has 0 radical (unpaired) electrons. The lowest BCUT2D eigenvalue weighted by Gasteiger charge is -2.10. The lowest BCUT2D eigenvalue weighted by atomic mass is 10.2. The molecule has 7 heteroatoms. The number of rotatable bonds is 6. The molecule has 136 valence electrons. The number of benzene rings is 2. The van der Waals surface area contributed by atoms with E-state index in [9.17, 15) is 0 Å². The summed E-state index contributed by atoms with van der Waals surface area (Å²) >= 11 is 0. The molecule has 0 aliphatic rings. The van der Waals surface area contributed by atoms with Gasteiger partial charge in [-0.1, -0.05) is 24.3 Å². The molecule has 2 heterocycles. The number of para-hydroxylation sites is 1. The van der Waals surface area contributed by atoms with Gasteiger partial charge in [0.25, 0.3) is 0 Å². The summed E-state index contributed by atoms with van der Waals surface area (Å²) in [4.78, 5) is 8.99. The molecule has 4 rings (SSSR count). The predicted octanol–water partition coefficient (Wildman–Crippen LogP) is 3.64. The SMILES string of the molecule is COc1ccc(Cn2ncc3cnc(Nc4ccccc4)nc32)cc1OC. The van der Waals surface area contributed by atoms with E-state index in [1.807, 2.05) is 53.2 Å². The molecule has 0 amide bonds. The molecular formula is C20H19N5O2. The van der Waals surface area contributed by atoms with E-state index in [1.165, 1.54) is 0 Å². The monoisotopic (exact) mass is 361 g/mol. The number of aromatic nitrogens is 4. The first kappa shape index (κ1) is 16.8. The number of ether oxygens (including phenoxy) is 2. The van der Waals surface area contributed by atoms with Crippen LogP contribution in [0.1, 0.15) is 5.56 Å². The van der Waals surface area contributed by atoms with Crippen molar-refractivity contribution in [3.8, 4) is 11.5 Å². The number of anilines is 2.